The van der Waals surface area contributed by atoms with Gasteiger partial charge in [0.1, 0.15) is 11.8 Å². The molecule has 0 fully saturated rings. The maximum Gasteiger partial charge on any atom is 0.142 e. The van der Waals surface area contributed by atoms with Crippen LogP contribution in [-0.2, 0) is 6.54 Å². The molecule has 0 amide bonds. The van der Waals surface area contributed by atoms with E-state index in [0.717, 1.165) is 21.9 Å². The molecule has 1 heterocycles. The Hall–Kier alpha value is -1.99. The number of nitrogens with zero attached hydrogens (tertiary/aromatic N) is 1. The van der Waals surface area contributed by atoms with Crippen LogP contribution in [0.1, 0.15) is 24.3 Å². The highest BCUT2D eigenvalue weighted by Crippen LogP contribution is 2.25. The monoisotopic (exact) mass is 286 g/mol. The van der Waals surface area contributed by atoms with E-state index in [2.05, 4.69) is 25.2 Å². The summed E-state index contributed by atoms with van der Waals surface area (Å²) in [6, 6.07) is 12.0. The van der Waals surface area contributed by atoms with Crippen molar-refractivity contribution < 1.29 is 4.74 Å². The molecular weight excluding hydrogens is 268 g/mol. The molecule has 0 saturated carbocycles. The van der Waals surface area contributed by atoms with E-state index in [9.17, 15) is 0 Å². The summed E-state index contributed by atoms with van der Waals surface area (Å²) in [7, 11) is 0. The number of para-hydroxylation sites is 2. The van der Waals surface area contributed by atoms with Gasteiger partial charge in [-0.05, 0) is 24.1 Å². The lowest BCUT2D eigenvalue weighted by atomic mass is 10.2. The van der Waals surface area contributed by atoms with Crippen LogP contribution in [0, 0.1) is 17.2 Å². The Kier molecular flexibility index (Phi) is 5.03. The molecule has 0 saturated heterocycles. The molecule has 1 aromatic heterocycles. The molecular formula is C16H18N2OS. The van der Waals surface area contributed by atoms with Gasteiger partial charge in [-0.2, -0.15) is 5.26 Å². The van der Waals surface area contributed by atoms with Crippen LogP contribution in [0.5, 0.6) is 5.75 Å². The molecule has 1 aromatic carbocycles. The van der Waals surface area contributed by atoms with Gasteiger partial charge in [0.25, 0.3) is 0 Å². The summed E-state index contributed by atoms with van der Waals surface area (Å²) in [4.78, 5) is 1.14. The maximum atomic E-state index is 8.82. The molecule has 0 atom stereocenters. The van der Waals surface area contributed by atoms with Crippen LogP contribution >= 0.6 is 11.3 Å². The molecule has 0 aliphatic carbocycles. The van der Waals surface area contributed by atoms with Gasteiger partial charge in [-0.1, -0.05) is 26.0 Å². The molecule has 3 nitrogen and oxygen atoms in total. The molecule has 20 heavy (non-hydrogen) atoms. The van der Waals surface area contributed by atoms with Crippen molar-refractivity contribution in [2.45, 2.75) is 20.4 Å². The van der Waals surface area contributed by atoms with Crippen molar-refractivity contribution in [3.05, 3.63) is 46.2 Å². The highest BCUT2D eigenvalue weighted by molar-refractivity contribution is 7.10. The number of hydrogen-bond donors (Lipinski definition) is 1. The van der Waals surface area contributed by atoms with Gasteiger partial charge in [-0.25, -0.2) is 0 Å². The Morgan fingerprint density at radius 2 is 2.15 bits per heavy atom. The van der Waals surface area contributed by atoms with Crippen molar-refractivity contribution in [1.82, 2.24) is 0 Å². The van der Waals surface area contributed by atoms with E-state index in [0.29, 0.717) is 19.1 Å². The Labute approximate surface area is 123 Å². The molecule has 2 rings (SSSR count). The summed E-state index contributed by atoms with van der Waals surface area (Å²) in [6.45, 7) is 5.67. The molecule has 0 aliphatic rings. The average molecular weight is 286 g/mol. The number of nitriles is 1. The van der Waals surface area contributed by atoms with Crippen LogP contribution in [0.2, 0.25) is 0 Å². The normalized spacial score (nSPS) is 10.3. The van der Waals surface area contributed by atoms with Crippen molar-refractivity contribution in [3.8, 4) is 11.8 Å². The van der Waals surface area contributed by atoms with Crippen molar-refractivity contribution in [2.24, 2.45) is 5.92 Å². The molecule has 2 aromatic rings. The maximum absolute atomic E-state index is 8.82. The second-order valence-corrected chi connectivity index (χ2v) is 5.96. The van der Waals surface area contributed by atoms with Gasteiger partial charge in [-0.3, -0.25) is 0 Å². The van der Waals surface area contributed by atoms with E-state index in [1.807, 2.05) is 35.7 Å². The third-order valence-electron chi connectivity index (χ3n) is 2.70. The van der Waals surface area contributed by atoms with E-state index in [4.69, 9.17) is 10.00 Å². The summed E-state index contributed by atoms with van der Waals surface area (Å²) in [5, 5.41) is 14.1. The number of thiophene rings is 1. The summed E-state index contributed by atoms with van der Waals surface area (Å²) in [6.07, 6.45) is 0. The van der Waals surface area contributed by atoms with Crippen molar-refractivity contribution >= 4 is 17.0 Å². The zero-order valence-corrected chi connectivity index (χ0v) is 12.5. The van der Waals surface area contributed by atoms with E-state index in [1.54, 1.807) is 11.3 Å². The summed E-state index contributed by atoms with van der Waals surface area (Å²) in [5.41, 5.74) is 1.70. The van der Waals surface area contributed by atoms with Gasteiger partial charge in [0.15, 0.2) is 0 Å². The number of nitrogens with one attached hydrogen (secondary N) is 1. The van der Waals surface area contributed by atoms with Crippen LogP contribution in [0.15, 0.2) is 35.7 Å². The van der Waals surface area contributed by atoms with E-state index in [-0.39, 0.29) is 0 Å². The lowest BCUT2D eigenvalue weighted by molar-refractivity contribution is 0.272. The van der Waals surface area contributed by atoms with Gasteiger partial charge < -0.3 is 10.1 Å². The lowest BCUT2D eigenvalue weighted by Crippen LogP contribution is -2.07. The minimum Gasteiger partial charge on any atom is -0.491 e. The lowest BCUT2D eigenvalue weighted by Gasteiger charge is -2.14. The van der Waals surface area contributed by atoms with Crippen molar-refractivity contribution in [1.29, 1.82) is 5.26 Å². The first-order chi connectivity index (χ1) is 9.69. The van der Waals surface area contributed by atoms with Gasteiger partial charge in [-0.15, -0.1) is 11.3 Å². The number of ether oxygens (including phenoxy) is 1. The second kappa shape index (κ2) is 6.97. The van der Waals surface area contributed by atoms with E-state index in [1.165, 1.54) is 0 Å². The average Bonchev–Trinajstić information content (AvgIpc) is 2.91. The van der Waals surface area contributed by atoms with Gasteiger partial charge in [0, 0.05) is 16.8 Å². The van der Waals surface area contributed by atoms with E-state index < -0.39 is 0 Å². The highest BCUT2D eigenvalue weighted by atomic mass is 32.1. The molecule has 1 N–H and O–H groups in total. The third kappa shape index (κ3) is 4.01. The number of anilines is 1. The predicted molar refractivity (Wildman–Crippen MR) is 83.1 cm³/mol. The predicted octanol–water partition coefficient (Wildman–Crippen LogP) is 4.27. The van der Waals surface area contributed by atoms with Gasteiger partial charge in [0.2, 0.25) is 0 Å². The first-order valence-electron chi connectivity index (χ1n) is 6.62. The quantitative estimate of drug-likeness (QED) is 0.862. The van der Waals surface area contributed by atoms with Crippen LogP contribution in [-0.4, -0.2) is 6.61 Å². The highest BCUT2D eigenvalue weighted by Gasteiger charge is 2.05. The van der Waals surface area contributed by atoms with Crippen LogP contribution in [0.25, 0.3) is 0 Å². The van der Waals surface area contributed by atoms with Gasteiger partial charge >= 0.3 is 0 Å². The molecule has 0 radical (unpaired) electrons. The SMILES string of the molecule is CC(C)COc1ccccc1NCc1cc(C#N)cs1. The van der Waals surface area contributed by atoms with Crippen LogP contribution in [0.4, 0.5) is 5.69 Å². The van der Waals surface area contributed by atoms with Crippen LogP contribution in [0.3, 0.4) is 0 Å². The van der Waals surface area contributed by atoms with Gasteiger partial charge in [0.05, 0.1) is 17.9 Å². The fraction of sp³-hybridized carbons (Fsp3) is 0.312. The Bertz CT molecular complexity index is 599. The molecule has 4 heteroatoms. The summed E-state index contributed by atoms with van der Waals surface area (Å²) < 4.78 is 5.80. The first-order valence-corrected chi connectivity index (χ1v) is 7.50. The van der Waals surface area contributed by atoms with Crippen molar-refractivity contribution in [2.75, 3.05) is 11.9 Å². The Morgan fingerprint density at radius 3 is 2.85 bits per heavy atom. The Morgan fingerprint density at radius 1 is 1.35 bits per heavy atom. The fourth-order valence-corrected chi connectivity index (χ4v) is 2.46. The first kappa shape index (κ1) is 14.4. The second-order valence-electron chi connectivity index (χ2n) is 4.97. The minimum atomic E-state index is 0.499. The smallest absolute Gasteiger partial charge is 0.142 e. The molecule has 0 aliphatic heterocycles. The Balaban J connectivity index is 2.00. The molecule has 0 unspecified atom stereocenters. The molecule has 104 valence electrons. The third-order valence-corrected chi connectivity index (χ3v) is 3.63. The molecule has 0 spiro atoms. The topological polar surface area (TPSA) is 45.0 Å². The summed E-state index contributed by atoms with van der Waals surface area (Å²) >= 11 is 1.59. The number of hydrogen-bond acceptors (Lipinski definition) is 4. The number of benzene rings is 1. The summed E-state index contributed by atoms with van der Waals surface area (Å²) in [5.74, 6) is 1.37. The zero-order chi connectivity index (χ0) is 14.4. The standard InChI is InChI=1S/C16H18N2OS/c1-12(2)10-19-16-6-4-3-5-15(16)18-9-14-7-13(8-17)11-20-14/h3-7,11-12,18H,9-10H2,1-2H3. The molecule has 0 bridgehead atoms. The number of rotatable bonds is 6. The fourth-order valence-electron chi connectivity index (χ4n) is 1.71. The van der Waals surface area contributed by atoms with Crippen LogP contribution < -0.4 is 10.1 Å². The van der Waals surface area contributed by atoms with E-state index >= 15 is 0 Å². The van der Waals surface area contributed by atoms with Crippen molar-refractivity contribution in [3.63, 3.8) is 0 Å². The zero-order valence-electron chi connectivity index (χ0n) is 11.7. The minimum absolute atomic E-state index is 0.499. The largest absolute Gasteiger partial charge is 0.491 e.